The first kappa shape index (κ1) is 17.6. The van der Waals surface area contributed by atoms with Crippen LogP contribution in [0, 0.1) is 0 Å². The maximum atomic E-state index is 8.84. The summed E-state index contributed by atoms with van der Waals surface area (Å²) < 4.78 is 11.5. The zero-order valence-corrected chi connectivity index (χ0v) is 14.8. The van der Waals surface area contributed by atoms with Crippen LogP contribution in [-0.2, 0) is 0 Å². The predicted molar refractivity (Wildman–Crippen MR) is 95.9 cm³/mol. The van der Waals surface area contributed by atoms with Crippen LogP contribution in [-0.4, -0.2) is 31.6 Å². The van der Waals surface area contributed by atoms with Crippen LogP contribution in [0.15, 0.2) is 46.0 Å². The number of aliphatic hydroxyl groups is 1. The summed E-state index contributed by atoms with van der Waals surface area (Å²) in [6.45, 7) is 0.142. The van der Waals surface area contributed by atoms with E-state index in [1.807, 2.05) is 12.1 Å². The van der Waals surface area contributed by atoms with Crippen LogP contribution in [0.25, 0.3) is 0 Å². The number of hydrogen-bond acceptors (Lipinski definition) is 5. The number of hydrogen-bond donors (Lipinski definition) is 2. The predicted octanol–water partition coefficient (Wildman–Crippen LogP) is 3.93. The second-order valence-corrected chi connectivity index (χ2v) is 5.76. The van der Waals surface area contributed by atoms with Gasteiger partial charge in [-0.2, -0.15) is 5.10 Å². The van der Waals surface area contributed by atoms with Gasteiger partial charge >= 0.3 is 0 Å². The molecule has 0 fully saturated rings. The maximum absolute atomic E-state index is 8.84. The Morgan fingerprint density at radius 1 is 1.26 bits per heavy atom. The van der Waals surface area contributed by atoms with Crippen LogP contribution in [0.2, 0.25) is 5.02 Å². The first-order valence-corrected chi connectivity index (χ1v) is 7.97. The number of anilines is 1. The Kier molecular flexibility index (Phi) is 6.70. The smallest absolute Gasteiger partial charge is 0.162 e. The number of benzene rings is 2. The Morgan fingerprint density at radius 3 is 2.65 bits per heavy atom. The average molecular weight is 400 g/mol. The molecule has 0 unspecified atom stereocenters. The molecule has 0 spiro atoms. The lowest BCUT2D eigenvalue weighted by Gasteiger charge is -2.11. The van der Waals surface area contributed by atoms with E-state index in [0.29, 0.717) is 16.5 Å². The van der Waals surface area contributed by atoms with Crippen LogP contribution >= 0.6 is 27.5 Å². The molecule has 2 rings (SSSR count). The number of rotatable bonds is 7. The third-order valence-corrected chi connectivity index (χ3v) is 3.81. The fraction of sp³-hybridized carbons (Fsp3) is 0.188. The van der Waals surface area contributed by atoms with E-state index in [9.17, 15) is 0 Å². The van der Waals surface area contributed by atoms with E-state index in [-0.39, 0.29) is 13.2 Å². The minimum Gasteiger partial charge on any atom is -0.493 e. The van der Waals surface area contributed by atoms with Crippen molar-refractivity contribution in [2.45, 2.75) is 0 Å². The molecule has 0 aliphatic carbocycles. The van der Waals surface area contributed by atoms with E-state index < -0.39 is 0 Å². The van der Waals surface area contributed by atoms with Gasteiger partial charge in [-0.25, -0.2) is 0 Å². The van der Waals surface area contributed by atoms with Gasteiger partial charge in [0.25, 0.3) is 0 Å². The van der Waals surface area contributed by atoms with Gasteiger partial charge in [0, 0.05) is 15.1 Å². The van der Waals surface area contributed by atoms with Gasteiger partial charge in [-0.1, -0.05) is 11.6 Å². The second-order valence-electron chi connectivity index (χ2n) is 4.47. The van der Waals surface area contributed by atoms with Crippen molar-refractivity contribution in [3.63, 3.8) is 0 Å². The SMILES string of the molecule is COc1cc(/C=N\Nc2ccc(Cl)cc2)c(Br)cc1OCCO. The lowest BCUT2D eigenvalue weighted by molar-refractivity contribution is 0.196. The van der Waals surface area contributed by atoms with Crippen molar-refractivity contribution in [2.24, 2.45) is 5.10 Å². The standard InChI is InChI=1S/C16H16BrClN2O3/c1-22-15-8-11(14(17)9-16(15)23-7-6-21)10-19-20-13-4-2-12(18)3-5-13/h2-5,8-10,20-21H,6-7H2,1H3/b19-10-. The molecule has 122 valence electrons. The Balaban J connectivity index is 2.12. The summed E-state index contributed by atoms with van der Waals surface area (Å²) in [6.07, 6.45) is 1.66. The van der Waals surface area contributed by atoms with Gasteiger partial charge in [-0.05, 0) is 52.3 Å². The molecule has 2 aromatic rings. The van der Waals surface area contributed by atoms with Gasteiger partial charge in [0.2, 0.25) is 0 Å². The van der Waals surface area contributed by atoms with E-state index in [4.69, 9.17) is 26.2 Å². The molecule has 0 aromatic heterocycles. The molecule has 0 atom stereocenters. The van der Waals surface area contributed by atoms with Gasteiger partial charge in [0.1, 0.15) is 6.61 Å². The quantitative estimate of drug-likeness (QED) is 0.547. The third kappa shape index (κ3) is 5.13. The number of halogens is 2. The van der Waals surface area contributed by atoms with Crippen molar-refractivity contribution in [1.82, 2.24) is 0 Å². The number of ether oxygens (including phenoxy) is 2. The van der Waals surface area contributed by atoms with Crippen molar-refractivity contribution < 1.29 is 14.6 Å². The number of aliphatic hydroxyl groups excluding tert-OH is 1. The highest BCUT2D eigenvalue weighted by Gasteiger charge is 2.09. The summed E-state index contributed by atoms with van der Waals surface area (Å²) >= 11 is 9.30. The Morgan fingerprint density at radius 2 is 2.00 bits per heavy atom. The normalized spacial score (nSPS) is 10.8. The van der Waals surface area contributed by atoms with Crippen LogP contribution in [0.1, 0.15) is 5.56 Å². The zero-order chi connectivity index (χ0) is 16.7. The Bertz CT molecular complexity index is 678. The molecule has 0 amide bonds. The zero-order valence-electron chi connectivity index (χ0n) is 12.4. The molecule has 0 radical (unpaired) electrons. The Labute approximate surface area is 148 Å². The van der Waals surface area contributed by atoms with E-state index in [1.165, 1.54) is 0 Å². The highest BCUT2D eigenvalue weighted by atomic mass is 79.9. The van der Waals surface area contributed by atoms with Gasteiger partial charge < -0.3 is 14.6 Å². The minimum atomic E-state index is -0.0605. The van der Waals surface area contributed by atoms with Crippen LogP contribution in [0.5, 0.6) is 11.5 Å². The third-order valence-electron chi connectivity index (χ3n) is 2.87. The van der Waals surface area contributed by atoms with Crippen molar-refractivity contribution in [3.8, 4) is 11.5 Å². The molecule has 0 heterocycles. The van der Waals surface area contributed by atoms with Crippen LogP contribution < -0.4 is 14.9 Å². The molecule has 5 nitrogen and oxygen atoms in total. The molecule has 0 aliphatic heterocycles. The molecule has 2 aromatic carbocycles. The second kappa shape index (κ2) is 8.76. The molecular weight excluding hydrogens is 384 g/mol. The lowest BCUT2D eigenvalue weighted by Crippen LogP contribution is -2.03. The number of hydrazone groups is 1. The van der Waals surface area contributed by atoms with Gasteiger partial charge in [0.15, 0.2) is 11.5 Å². The van der Waals surface area contributed by atoms with Crippen molar-refractivity contribution in [2.75, 3.05) is 25.7 Å². The van der Waals surface area contributed by atoms with Crippen molar-refractivity contribution >= 4 is 39.4 Å². The fourth-order valence-corrected chi connectivity index (χ4v) is 2.33. The summed E-state index contributed by atoms with van der Waals surface area (Å²) in [5, 5.41) is 13.7. The number of nitrogens with one attached hydrogen (secondary N) is 1. The summed E-state index contributed by atoms with van der Waals surface area (Å²) in [6, 6.07) is 10.8. The molecule has 7 heteroatoms. The molecular formula is C16H16BrClN2O3. The largest absolute Gasteiger partial charge is 0.493 e. The molecule has 0 saturated heterocycles. The van der Waals surface area contributed by atoms with E-state index >= 15 is 0 Å². The first-order valence-electron chi connectivity index (χ1n) is 6.80. The fourth-order valence-electron chi connectivity index (χ4n) is 1.78. The maximum Gasteiger partial charge on any atom is 0.162 e. The highest BCUT2D eigenvalue weighted by Crippen LogP contribution is 2.32. The van der Waals surface area contributed by atoms with E-state index in [0.717, 1.165) is 15.7 Å². The number of methoxy groups -OCH3 is 1. The Hall–Kier alpha value is -1.76. The van der Waals surface area contributed by atoms with E-state index in [1.54, 1.807) is 37.6 Å². The van der Waals surface area contributed by atoms with Gasteiger partial charge in [-0.3, -0.25) is 5.43 Å². The molecule has 0 bridgehead atoms. The summed E-state index contributed by atoms with van der Waals surface area (Å²) in [5.41, 5.74) is 4.57. The molecule has 2 N–H and O–H groups in total. The van der Waals surface area contributed by atoms with Crippen LogP contribution in [0.4, 0.5) is 5.69 Å². The summed E-state index contributed by atoms with van der Waals surface area (Å²) in [5.74, 6) is 1.12. The lowest BCUT2D eigenvalue weighted by atomic mass is 10.2. The topological polar surface area (TPSA) is 63.1 Å². The first-order chi connectivity index (χ1) is 11.1. The van der Waals surface area contributed by atoms with Crippen LogP contribution in [0.3, 0.4) is 0 Å². The highest BCUT2D eigenvalue weighted by molar-refractivity contribution is 9.10. The molecule has 0 aliphatic rings. The molecule has 23 heavy (non-hydrogen) atoms. The summed E-state index contributed by atoms with van der Waals surface area (Å²) in [7, 11) is 1.56. The van der Waals surface area contributed by atoms with E-state index in [2.05, 4.69) is 26.5 Å². The molecule has 0 saturated carbocycles. The minimum absolute atomic E-state index is 0.0605. The summed E-state index contributed by atoms with van der Waals surface area (Å²) in [4.78, 5) is 0. The average Bonchev–Trinajstić information content (AvgIpc) is 2.56. The van der Waals surface area contributed by atoms with Crippen molar-refractivity contribution in [3.05, 3.63) is 51.5 Å². The van der Waals surface area contributed by atoms with Gasteiger partial charge in [-0.15, -0.1) is 0 Å². The van der Waals surface area contributed by atoms with Crippen molar-refractivity contribution in [1.29, 1.82) is 0 Å². The monoisotopic (exact) mass is 398 g/mol. The number of nitrogens with zero attached hydrogens (tertiary/aromatic N) is 1. The van der Waals surface area contributed by atoms with Gasteiger partial charge in [0.05, 0.1) is 25.6 Å².